The molecule has 10 heteroatoms. The van der Waals surface area contributed by atoms with Crippen molar-refractivity contribution in [3.63, 3.8) is 0 Å². The van der Waals surface area contributed by atoms with E-state index in [2.05, 4.69) is 30.9 Å². The summed E-state index contributed by atoms with van der Waals surface area (Å²) in [5.74, 6) is -0.301. The van der Waals surface area contributed by atoms with Crippen molar-refractivity contribution in [3.8, 4) is 0 Å². The molecule has 3 heterocycles. The molecule has 1 aliphatic carbocycles. The number of carbonyl (C=O) groups is 2. The molecule has 2 fully saturated rings. The number of nitrogens with one attached hydrogen (secondary N) is 3. The predicted molar refractivity (Wildman–Crippen MR) is 129 cm³/mol. The lowest BCUT2D eigenvalue weighted by Gasteiger charge is -2.34. The van der Waals surface area contributed by atoms with Gasteiger partial charge in [0.25, 0.3) is 5.91 Å². The van der Waals surface area contributed by atoms with Crippen LogP contribution in [0.5, 0.6) is 0 Å². The molecule has 1 saturated carbocycles. The Kier molecular flexibility index (Phi) is 6.78. The second kappa shape index (κ2) is 9.76. The number of likely N-dealkylation sites (tertiary alicyclic amines) is 1. The van der Waals surface area contributed by atoms with Gasteiger partial charge in [-0.05, 0) is 51.7 Å². The minimum absolute atomic E-state index is 0.219. The first-order chi connectivity index (χ1) is 16.3. The molecule has 1 unspecified atom stereocenters. The summed E-state index contributed by atoms with van der Waals surface area (Å²) in [4.78, 5) is 41.1. The molecule has 34 heavy (non-hydrogen) atoms. The molecule has 0 aromatic carbocycles. The van der Waals surface area contributed by atoms with Gasteiger partial charge in [0.15, 0.2) is 5.69 Å². The Balaban J connectivity index is 1.58. The average molecular weight is 465 g/mol. The molecule has 5 N–H and O–H groups in total. The van der Waals surface area contributed by atoms with Crippen LogP contribution in [0.3, 0.4) is 0 Å². The zero-order valence-electron chi connectivity index (χ0n) is 19.8. The fourth-order valence-corrected chi connectivity index (χ4v) is 4.24. The average Bonchev–Trinajstić information content (AvgIpc) is 3.61. The number of aromatic nitrogens is 3. The van der Waals surface area contributed by atoms with Gasteiger partial charge in [-0.1, -0.05) is 0 Å². The van der Waals surface area contributed by atoms with E-state index in [0.29, 0.717) is 23.8 Å². The monoisotopic (exact) mass is 464 g/mol. The van der Waals surface area contributed by atoms with Crippen molar-refractivity contribution in [1.29, 1.82) is 0 Å². The van der Waals surface area contributed by atoms with E-state index in [1.807, 2.05) is 26.0 Å². The van der Waals surface area contributed by atoms with Crippen LogP contribution in [0, 0.1) is 0 Å². The van der Waals surface area contributed by atoms with Crippen LogP contribution in [0.1, 0.15) is 61.6 Å². The topological polar surface area (TPSA) is 138 Å². The van der Waals surface area contributed by atoms with E-state index in [-0.39, 0.29) is 22.8 Å². The van der Waals surface area contributed by atoms with Gasteiger partial charge in [0.2, 0.25) is 5.91 Å². The molecule has 0 spiro atoms. The van der Waals surface area contributed by atoms with Gasteiger partial charge < -0.3 is 26.6 Å². The lowest BCUT2D eigenvalue weighted by molar-refractivity contribution is -0.134. The summed E-state index contributed by atoms with van der Waals surface area (Å²) in [6.45, 7) is 4.71. The van der Waals surface area contributed by atoms with Crippen LogP contribution in [0.15, 0.2) is 42.8 Å². The number of rotatable bonds is 8. The Hall–Kier alpha value is -3.53. The highest BCUT2D eigenvalue weighted by Gasteiger charge is 2.38. The number of amides is 2. The Morgan fingerprint density at radius 1 is 1.24 bits per heavy atom. The van der Waals surface area contributed by atoms with E-state index >= 15 is 0 Å². The van der Waals surface area contributed by atoms with Crippen LogP contribution in [0.25, 0.3) is 0 Å². The third kappa shape index (κ3) is 5.17. The summed E-state index contributed by atoms with van der Waals surface area (Å²) < 4.78 is 0. The molecule has 2 aromatic rings. The summed E-state index contributed by atoms with van der Waals surface area (Å²) >= 11 is 0. The Labute approximate surface area is 199 Å². The molecule has 1 aliphatic heterocycles. The summed E-state index contributed by atoms with van der Waals surface area (Å²) in [7, 11) is 1.69. The van der Waals surface area contributed by atoms with Gasteiger partial charge in [0, 0.05) is 36.9 Å². The smallest absolute Gasteiger partial charge is 0.276 e. The Morgan fingerprint density at radius 3 is 2.59 bits per heavy atom. The van der Waals surface area contributed by atoms with E-state index in [1.54, 1.807) is 30.5 Å². The summed E-state index contributed by atoms with van der Waals surface area (Å²) in [5.41, 5.74) is 8.62. The molecule has 2 aliphatic rings. The highest BCUT2D eigenvalue weighted by atomic mass is 16.2. The number of hydrogen-bond acceptors (Lipinski definition) is 8. The van der Waals surface area contributed by atoms with Crippen LogP contribution in [0.4, 0.5) is 11.4 Å². The van der Waals surface area contributed by atoms with E-state index in [0.717, 1.165) is 31.4 Å². The molecule has 0 bridgehead atoms. The minimum Gasteiger partial charge on any atom is -0.393 e. The van der Waals surface area contributed by atoms with E-state index in [1.165, 1.54) is 6.33 Å². The molecular formula is C24H32N8O2. The van der Waals surface area contributed by atoms with E-state index in [9.17, 15) is 9.59 Å². The first-order valence-electron chi connectivity index (χ1n) is 11.6. The second-order valence-electron chi connectivity index (χ2n) is 9.38. The first kappa shape index (κ1) is 23.6. The van der Waals surface area contributed by atoms with Crippen LogP contribution in [-0.2, 0) is 4.79 Å². The van der Waals surface area contributed by atoms with Gasteiger partial charge in [0.05, 0.1) is 29.5 Å². The van der Waals surface area contributed by atoms with Gasteiger partial charge in [-0.2, -0.15) is 0 Å². The number of carbonyl (C=O) groups excluding carboxylic acids is 2. The summed E-state index contributed by atoms with van der Waals surface area (Å²) in [6.07, 6.45) is 10.2. The summed E-state index contributed by atoms with van der Waals surface area (Å²) in [5, 5.41) is 8.88. The number of nitrogens with zero attached hydrogens (tertiary/aromatic N) is 4. The molecule has 4 rings (SSSR count). The summed E-state index contributed by atoms with van der Waals surface area (Å²) in [6, 6.07) is 2.75. The standard InChI is InChI=1S/C24H32N8O2/c1-24(2)9-4-10-32(24)23(34)20(25)19(13-26-3)31-22(33)21-18(29-16-11-27-14-28-12-16)8-7-17(30-21)15-5-6-15/h7-8,11-15,20,26,29H,4-6,9-10,25H2,1-3H3,(H,31,33)/b19-13+. The van der Waals surface area contributed by atoms with E-state index in [4.69, 9.17) is 5.73 Å². The second-order valence-corrected chi connectivity index (χ2v) is 9.38. The molecule has 2 amide bonds. The third-order valence-corrected chi connectivity index (χ3v) is 6.29. The van der Waals surface area contributed by atoms with Gasteiger partial charge in [-0.15, -0.1) is 0 Å². The molecule has 1 atom stereocenters. The number of pyridine rings is 1. The van der Waals surface area contributed by atoms with Gasteiger partial charge in [-0.25, -0.2) is 15.0 Å². The van der Waals surface area contributed by atoms with Crippen molar-refractivity contribution in [2.24, 2.45) is 5.73 Å². The number of hydrogen-bond donors (Lipinski definition) is 4. The zero-order valence-corrected chi connectivity index (χ0v) is 19.8. The normalized spacial score (nSPS) is 18.4. The van der Waals surface area contributed by atoms with Crippen LogP contribution >= 0.6 is 0 Å². The maximum absolute atomic E-state index is 13.4. The van der Waals surface area contributed by atoms with Crippen molar-refractivity contribution in [2.75, 3.05) is 18.9 Å². The van der Waals surface area contributed by atoms with Crippen molar-refractivity contribution >= 4 is 23.2 Å². The third-order valence-electron chi connectivity index (χ3n) is 6.29. The number of anilines is 2. The van der Waals surface area contributed by atoms with Crippen molar-refractivity contribution in [1.82, 2.24) is 30.5 Å². The molecule has 0 radical (unpaired) electrons. The van der Waals surface area contributed by atoms with Crippen LogP contribution < -0.4 is 21.7 Å². The number of nitrogens with two attached hydrogens (primary N) is 1. The molecule has 2 aromatic heterocycles. The van der Waals surface area contributed by atoms with Crippen molar-refractivity contribution in [3.05, 3.63) is 54.1 Å². The Bertz CT molecular complexity index is 1080. The molecule has 180 valence electrons. The quantitative estimate of drug-likeness (QED) is 0.465. The van der Waals surface area contributed by atoms with Crippen molar-refractivity contribution in [2.45, 2.75) is 57.0 Å². The maximum Gasteiger partial charge on any atom is 0.276 e. The fraction of sp³-hybridized carbons (Fsp3) is 0.458. The zero-order chi connectivity index (χ0) is 24.3. The maximum atomic E-state index is 13.4. The van der Waals surface area contributed by atoms with Gasteiger partial charge >= 0.3 is 0 Å². The van der Waals surface area contributed by atoms with Crippen molar-refractivity contribution < 1.29 is 9.59 Å². The fourth-order valence-electron chi connectivity index (χ4n) is 4.24. The Morgan fingerprint density at radius 2 is 1.97 bits per heavy atom. The largest absolute Gasteiger partial charge is 0.393 e. The first-order valence-corrected chi connectivity index (χ1v) is 11.6. The van der Waals surface area contributed by atoms with Crippen LogP contribution in [0.2, 0.25) is 0 Å². The van der Waals surface area contributed by atoms with Gasteiger partial charge in [0.1, 0.15) is 12.4 Å². The lowest BCUT2D eigenvalue weighted by atomic mass is 10.0. The predicted octanol–water partition coefficient (Wildman–Crippen LogP) is 2.01. The highest BCUT2D eigenvalue weighted by Crippen LogP contribution is 2.39. The highest BCUT2D eigenvalue weighted by molar-refractivity contribution is 6.00. The minimum atomic E-state index is -1.01. The lowest BCUT2D eigenvalue weighted by Crippen LogP contribution is -2.53. The SMILES string of the molecule is CN/C=C(/NC(=O)c1nc(C2CC2)ccc1Nc1cncnc1)C(N)C(=O)N1CCCC1(C)C. The van der Waals surface area contributed by atoms with E-state index < -0.39 is 11.9 Å². The molecule has 1 saturated heterocycles. The molecular weight excluding hydrogens is 432 g/mol. The molecule has 10 nitrogen and oxygen atoms in total. The van der Waals surface area contributed by atoms with Crippen LogP contribution in [-0.4, -0.2) is 56.8 Å². The van der Waals surface area contributed by atoms with Gasteiger partial charge in [-0.3, -0.25) is 9.59 Å².